The van der Waals surface area contributed by atoms with E-state index in [9.17, 15) is 4.79 Å². The normalized spacial score (nSPS) is 11.2. The van der Waals surface area contributed by atoms with Crippen LogP contribution in [0.4, 0.5) is 5.69 Å². The number of hydrogen-bond acceptors (Lipinski definition) is 5. The largest absolute Gasteiger partial charge is 0.325 e. The lowest BCUT2D eigenvalue weighted by Gasteiger charge is -2.12. The number of thioether (sulfide) groups is 1. The van der Waals surface area contributed by atoms with Crippen LogP contribution in [0.25, 0.3) is 28.1 Å². The molecule has 1 N–H and O–H groups in total. The van der Waals surface area contributed by atoms with Crippen molar-refractivity contribution in [2.75, 3.05) is 11.1 Å². The van der Waals surface area contributed by atoms with Gasteiger partial charge >= 0.3 is 0 Å². The first kappa shape index (κ1) is 21.2. The summed E-state index contributed by atoms with van der Waals surface area (Å²) in [7, 11) is 0. The molecular formula is C26H23N5OS. The highest BCUT2D eigenvalue weighted by Gasteiger charge is 2.18. The van der Waals surface area contributed by atoms with E-state index in [2.05, 4.69) is 34.6 Å². The second kappa shape index (κ2) is 8.67. The zero-order chi connectivity index (χ0) is 22.9. The minimum atomic E-state index is -0.0798. The maximum absolute atomic E-state index is 12.7. The van der Waals surface area contributed by atoms with Gasteiger partial charge in [-0.1, -0.05) is 71.9 Å². The minimum Gasteiger partial charge on any atom is -0.325 e. The minimum absolute atomic E-state index is 0.0798. The summed E-state index contributed by atoms with van der Waals surface area (Å²) in [6, 6.07) is 22.1. The van der Waals surface area contributed by atoms with Gasteiger partial charge in [0.05, 0.1) is 16.8 Å². The van der Waals surface area contributed by atoms with Gasteiger partial charge in [-0.15, -0.1) is 10.2 Å². The highest BCUT2D eigenvalue weighted by molar-refractivity contribution is 8.00. The number of amides is 1. The van der Waals surface area contributed by atoms with Gasteiger partial charge in [0.15, 0.2) is 11.5 Å². The Morgan fingerprint density at radius 1 is 0.909 bits per heavy atom. The Balaban J connectivity index is 1.50. The van der Waals surface area contributed by atoms with Gasteiger partial charge in [-0.25, -0.2) is 4.98 Å². The molecule has 0 radical (unpaired) electrons. The summed E-state index contributed by atoms with van der Waals surface area (Å²) in [4.78, 5) is 17.5. The van der Waals surface area contributed by atoms with Crippen molar-refractivity contribution in [3.05, 3.63) is 83.4 Å². The molecule has 2 heterocycles. The standard InChI is InChI=1S/C26H23N5OS/c1-16-11-13-19(14-12-16)24-29-30-25-26(27-20-9-4-5-10-21(20)31(24)25)33-15-22(32)28-23-17(2)7-6-8-18(23)3/h4-14H,15H2,1-3H3,(H,28,32). The van der Waals surface area contributed by atoms with Gasteiger partial charge in [0.25, 0.3) is 0 Å². The van der Waals surface area contributed by atoms with Gasteiger partial charge in [-0.3, -0.25) is 9.20 Å². The number of nitrogens with zero attached hydrogens (tertiary/aromatic N) is 4. The summed E-state index contributed by atoms with van der Waals surface area (Å²) in [5.41, 5.74) is 7.52. The third-order valence-corrected chi connectivity index (χ3v) is 6.55. The SMILES string of the molecule is Cc1ccc(-c2nnc3c(SCC(=O)Nc4c(C)cccc4C)nc4ccccc4n23)cc1. The van der Waals surface area contributed by atoms with Crippen LogP contribution in [0.5, 0.6) is 0 Å². The first-order chi connectivity index (χ1) is 16.0. The lowest BCUT2D eigenvalue weighted by molar-refractivity contribution is -0.113. The van der Waals surface area contributed by atoms with Crippen LogP contribution < -0.4 is 5.32 Å². The zero-order valence-corrected chi connectivity index (χ0v) is 19.5. The average Bonchev–Trinajstić information content (AvgIpc) is 3.26. The molecule has 0 aliphatic rings. The van der Waals surface area contributed by atoms with Crippen molar-refractivity contribution in [2.24, 2.45) is 0 Å². The van der Waals surface area contributed by atoms with Gasteiger partial charge in [-0.05, 0) is 44.0 Å². The molecule has 0 fully saturated rings. The summed E-state index contributed by atoms with van der Waals surface area (Å²) >= 11 is 1.37. The Labute approximate surface area is 196 Å². The van der Waals surface area contributed by atoms with Crippen molar-refractivity contribution >= 4 is 40.0 Å². The molecule has 33 heavy (non-hydrogen) atoms. The molecule has 0 aliphatic heterocycles. The molecule has 5 rings (SSSR count). The number of anilines is 1. The molecule has 6 nitrogen and oxygen atoms in total. The fourth-order valence-electron chi connectivity index (χ4n) is 3.87. The van der Waals surface area contributed by atoms with Gasteiger partial charge in [0.2, 0.25) is 5.91 Å². The van der Waals surface area contributed by atoms with Crippen LogP contribution >= 0.6 is 11.8 Å². The van der Waals surface area contributed by atoms with Crippen LogP contribution in [0.1, 0.15) is 16.7 Å². The van der Waals surface area contributed by atoms with Crippen LogP contribution in [0.15, 0.2) is 71.8 Å². The molecule has 0 saturated heterocycles. The molecule has 0 atom stereocenters. The summed E-state index contributed by atoms with van der Waals surface area (Å²) in [5.74, 6) is 0.899. The van der Waals surface area contributed by atoms with Crippen molar-refractivity contribution in [3.63, 3.8) is 0 Å². The Kier molecular flexibility index (Phi) is 5.56. The van der Waals surface area contributed by atoms with Crippen LogP contribution in [0.3, 0.4) is 0 Å². The van der Waals surface area contributed by atoms with Crippen LogP contribution in [-0.2, 0) is 4.79 Å². The summed E-state index contributed by atoms with van der Waals surface area (Å²) < 4.78 is 2.03. The van der Waals surface area contributed by atoms with E-state index in [0.29, 0.717) is 10.7 Å². The number of para-hydroxylation sites is 3. The quantitative estimate of drug-likeness (QED) is 0.351. The number of aryl methyl sites for hydroxylation is 3. The van der Waals surface area contributed by atoms with Crippen LogP contribution in [0, 0.1) is 20.8 Å². The van der Waals surface area contributed by atoms with E-state index in [4.69, 9.17) is 4.98 Å². The lowest BCUT2D eigenvalue weighted by Crippen LogP contribution is -2.16. The monoisotopic (exact) mass is 453 g/mol. The Morgan fingerprint density at radius 2 is 1.64 bits per heavy atom. The molecule has 3 aromatic carbocycles. The van der Waals surface area contributed by atoms with Crippen molar-refractivity contribution < 1.29 is 4.79 Å². The van der Waals surface area contributed by atoms with Gasteiger partial charge in [-0.2, -0.15) is 0 Å². The third kappa shape index (κ3) is 4.07. The lowest BCUT2D eigenvalue weighted by atomic mass is 10.1. The Morgan fingerprint density at radius 3 is 2.39 bits per heavy atom. The summed E-state index contributed by atoms with van der Waals surface area (Å²) in [6.07, 6.45) is 0. The van der Waals surface area contributed by atoms with Gasteiger partial charge in [0.1, 0.15) is 5.03 Å². The van der Waals surface area contributed by atoms with Gasteiger partial charge in [0, 0.05) is 11.3 Å². The molecule has 0 aliphatic carbocycles. The molecule has 0 unspecified atom stereocenters. The topological polar surface area (TPSA) is 72.2 Å². The maximum atomic E-state index is 12.7. The Bertz CT molecular complexity index is 1470. The number of carbonyl (C=O) groups is 1. The Hall–Kier alpha value is -3.71. The number of aromatic nitrogens is 4. The van der Waals surface area contributed by atoms with Crippen molar-refractivity contribution in [3.8, 4) is 11.4 Å². The second-order valence-electron chi connectivity index (χ2n) is 8.06. The first-order valence-electron chi connectivity index (χ1n) is 10.7. The maximum Gasteiger partial charge on any atom is 0.234 e. The number of nitrogens with one attached hydrogen (secondary N) is 1. The van der Waals surface area contributed by atoms with Crippen molar-refractivity contribution in [1.82, 2.24) is 19.6 Å². The summed E-state index contributed by atoms with van der Waals surface area (Å²) in [5, 5.41) is 12.7. The number of benzene rings is 3. The van der Waals surface area contributed by atoms with Gasteiger partial charge < -0.3 is 5.32 Å². The fraction of sp³-hybridized carbons (Fsp3) is 0.154. The predicted molar refractivity (Wildman–Crippen MR) is 134 cm³/mol. The molecule has 0 saturated carbocycles. The van der Waals surface area contributed by atoms with E-state index in [-0.39, 0.29) is 11.7 Å². The number of rotatable bonds is 5. The van der Waals surface area contributed by atoms with Crippen LogP contribution in [-0.4, -0.2) is 31.2 Å². The van der Waals surface area contributed by atoms with E-state index < -0.39 is 0 Å². The predicted octanol–water partition coefficient (Wildman–Crippen LogP) is 5.60. The van der Waals surface area contributed by atoms with E-state index in [1.807, 2.05) is 72.8 Å². The van der Waals surface area contributed by atoms with Crippen molar-refractivity contribution in [2.45, 2.75) is 25.8 Å². The van der Waals surface area contributed by atoms with Crippen molar-refractivity contribution in [1.29, 1.82) is 0 Å². The van der Waals surface area contributed by atoms with E-state index in [1.165, 1.54) is 17.3 Å². The number of carbonyl (C=O) groups excluding carboxylic acids is 1. The molecule has 5 aromatic rings. The molecule has 7 heteroatoms. The smallest absolute Gasteiger partial charge is 0.234 e. The molecule has 0 bridgehead atoms. The molecule has 2 aromatic heterocycles. The highest BCUT2D eigenvalue weighted by Crippen LogP contribution is 2.29. The summed E-state index contributed by atoms with van der Waals surface area (Å²) in [6.45, 7) is 6.04. The molecule has 164 valence electrons. The molecule has 1 amide bonds. The highest BCUT2D eigenvalue weighted by atomic mass is 32.2. The van der Waals surface area contributed by atoms with E-state index in [1.54, 1.807) is 0 Å². The van der Waals surface area contributed by atoms with Crippen LogP contribution in [0.2, 0.25) is 0 Å². The first-order valence-corrected chi connectivity index (χ1v) is 11.7. The fourth-order valence-corrected chi connectivity index (χ4v) is 4.63. The number of hydrogen-bond donors (Lipinski definition) is 1. The molecular weight excluding hydrogens is 430 g/mol. The third-order valence-electron chi connectivity index (χ3n) is 5.59. The molecule has 0 spiro atoms. The average molecular weight is 454 g/mol. The van der Waals surface area contributed by atoms with E-state index in [0.717, 1.165) is 39.2 Å². The zero-order valence-electron chi connectivity index (χ0n) is 18.7. The number of fused-ring (bicyclic) bond motifs is 3. The second-order valence-corrected chi connectivity index (χ2v) is 9.02. The van der Waals surface area contributed by atoms with E-state index >= 15 is 0 Å².